The molecule has 20 heavy (non-hydrogen) atoms. The number of benzene rings is 1. The Morgan fingerprint density at radius 2 is 2.20 bits per heavy atom. The smallest absolute Gasteiger partial charge is 0.275 e. The van der Waals surface area contributed by atoms with E-state index in [1.807, 2.05) is 0 Å². The highest BCUT2D eigenvalue weighted by Gasteiger charge is 2.17. The Morgan fingerprint density at radius 3 is 2.90 bits per heavy atom. The van der Waals surface area contributed by atoms with Crippen molar-refractivity contribution in [2.24, 2.45) is 5.73 Å². The largest absolute Gasteiger partial charge is 0.330 e. The zero-order valence-electron chi connectivity index (χ0n) is 10.7. The second-order valence-electron chi connectivity index (χ2n) is 4.17. The number of carbonyl (C=O) groups excluding carboxylic acids is 1. The number of aryl methyl sites for hydroxylation is 1. The summed E-state index contributed by atoms with van der Waals surface area (Å²) < 4.78 is 27.3. The molecule has 0 atom stereocenters. The third kappa shape index (κ3) is 3.00. The Kier molecular flexibility index (Phi) is 4.41. The fourth-order valence-corrected chi connectivity index (χ4v) is 2.40. The molecule has 0 unspecified atom stereocenters. The molecule has 0 saturated heterocycles. The summed E-state index contributed by atoms with van der Waals surface area (Å²) in [7, 11) is 0. The van der Waals surface area contributed by atoms with Gasteiger partial charge >= 0.3 is 0 Å². The number of rotatable bonds is 4. The molecule has 2 aromatic rings. The van der Waals surface area contributed by atoms with Crippen LogP contribution in [0.15, 0.2) is 17.5 Å². The molecule has 4 nitrogen and oxygen atoms in total. The molecule has 1 amide bonds. The molecule has 0 aliphatic rings. The predicted octanol–water partition coefficient (Wildman–Crippen LogP) is 2.48. The number of hydrogen-bond donors (Lipinski definition) is 2. The minimum atomic E-state index is -0.820. The average Bonchev–Trinajstić information content (AvgIpc) is 2.88. The standard InChI is InChI=1S/C13H13F2N3OS/c1-7-2-3-8(14)12(11(7)15)18-13(19)9-6-20-10(17-9)4-5-16/h2-3,6H,4-5,16H2,1H3,(H,18,19). The van der Waals surface area contributed by atoms with Crippen molar-refractivity contribution in [1.29, 1.82) is 0 Å². The van der Waals surface area contributed by atoms with Gasteiger partial charge in [-0.05, 0) is 25.1 Å². The van der Waals surface area contributed by atoms with E-state index in [4.69, 9.17) is 5.73 Å². The topological polar surface area (TPSA) is 68.0 Å². The average molecular weight is 297 g/mol. The second-order valence-corrected chi connectivity index (χ2v) is 5.12. The predicted molar refractivity (Wildman–Crippen MR) is 73.9 cm³/mol. The number of carbonyl (C=O) groups is 1. The van der Waals surface area contributed by atoms with E-state index < -0.39 is 23.2 Å². The van der Waals surface area contributed by atoms with Crippen LogP contribution in [0.5, 0.6) is 0 Å². The van der Waals surface area contributed by atoms with Gasteiger partial charge in [0.1, 0.15) is 17.2 Å². The molecule has 1 aromatic heterocycles. The van der Waals surface area contributed by atoms with Gasteiger partial charge in [-0.15, -0.1) is 11.3 Å². The van der Waals surface area contributed by atoms with E-state index in [2.05, 4.69) is 10.3 Å². The maximum atomic E-state index is 13.8. The molecule has 2 rings (SSSR count). The molecule has 0 aliphatic carbocycles. The van der Waals surface area contributed by atoms with Crippen molar-refractivity contribution < 1.29 is 13.6 Å². The van der Waals surface area contributed by atoms with Gasteiger partial charge in [0.05, 0.1) is 5.01 Å². The van der Waals surface area contributed by atoms with Gasteiger partial charge in [0, 0.05) is 11.8 Å². The fourth-order valence-electron chi connectivity index (χ4n) is 1.60. The summed E-state index contributed by atoms with van der Waals surface area (Å²) in [6, 6.07) is 2.41. The van der Waals surface area contributed by atoms with Crippen molar-refractivity contribution >= 4 is 22.9 Å². The number of anilines is 1. The van der Waals surface area contributed by atoms with Crippen LogP contribution in [0.4, 0.5) is 14.5 Å². The summed E-state index contributed by atoms with van der Waals surface area (Å²) in [5.41, 5.74) is 5.31. The monoisotopic (exact) mass is 297 g/mol. The summed E-state index contributed by atoms with van der Waals surface area (Å²) in [5, 5.41) is 4.46. The molecular weight excluding hydrogens is 284 g/mol. The van der Waals surface area contributed by atoms with Crippen molar-refractivity contribution in [3.05, 3.63) is 45.4 Å². The van der Waals surface area contributed by atoms with Gasteiger partial charge in [-0.1, -0.05) is 6.07 Å². The lowest BCUT2D eigenvalue weighted by molar-refractivity contribution is 0.102. The third-order valence-electron chi connectivity index (χ3n) is 2.67. The van der Waals surface area contributed by atoms with Crippen LogP contribution in [0.25, 0.3) is 0 Å². The van der Waals surface area contributed by atoms with Gasteiger partial charge < -0.3 is 11.1 Å². The first kappa shape index (κ1) is 14.5. The van der Waals surface area contributed by atoms with Gasteiger partial charge in [0.2, 0.25) is 0 Å². The van der Waals surface area contributed by atoms with Crippen LogP contribution in [0.1, 0.15) is 21.1 Å². The van der Waals surface area contributed by atoms with Gasteiger partial charge in [-0.25, -0.2) is 13.8 Å². The van der Waals surface area contributed by atoms with Crippen molar-refractivity contribution in [2.75, 3.05) is 11.9 Å². The molecule has 106 valence electrons. The zero-order valence-corrected chi connectivity index (χ0v) is 11.6. The van der Waals surface area contributed by atoms with E-state index in [0.29, 0.717) is 18.0 Å². The van der Waals surface area contributed by atoms with Crippen LogP contribution < -0.4 is 11.1 Å². The number of aromatic nitrogens is 1. The van der Waals surface area contributed by atoms with Crippen LogP contribution in [0, 0.1) is 18.6 Å². The molecule has 0 saturated carbocycles. The Balaban J connectivity index is 2.21. The van der Waals surface area contributed by atoms with E-state index >= 15 is 0 Å². The van der Waals surface area contributed by atoms with E-state index in [-0.39, 0.29) is 11.3 Å². The molecule has 1 heterocycles. The Hall–Kier alpha value is -1.86. The van der Waals surface area contributed by atoms with E-state index in [0.717, 1.165) is 6.07 Å². The third-order valence-corrected chi connectivity index (χ3v) is 3.57. The van der Waals surface area contributed by atoms with E-state index in [1.165, 1.54) is 29.7 Å². The number of halogens is 2. The summed E-state index contributed by atoms with van der Waals surface area (Å²) in [6.45, 7) is 1.92. The highest BCUT2D eigenvalue weighted by Crippen LogP contribution is 2.22. The van der Waals surface area contributed by atoms with Crippen LogP contribution >= 0.6 is 11.3 Å². The Labute approximate surface area is 118 Å². The lowest BCUT2D eigenvalue weighted by Crippen LogP contribution is -2.15. The second kappa shape index (κ2) is 6.06. The number of nitrogens with two attached hydrogens (primary N) is 1. The first-order valence-corrected chi connectivity index (χ1v) is 6.81. The molecule has 7 heteroatoms. The highest BCUT2D eigenvalue weighted by molar-refractivity contribution is 7.09. The van der Waals surface area contributed by atoms with Crippen molar-refractivity contribution in [1.82, 2.24) is 4.98 Å². The maximum absolute atomic E-state index is 13.8. The maximum Gasteiger partial charge on any atom is 0.275 e. The van der Waals surface area contributed by atoms with Gasteiger partial charge in [0.15, 0.2) is 5.82 Å². The molecule has 3 N–H and O–H groups in total. The first-order chi connectivity index (χ1) is 9.52. The van der Waals surface area contributed by atoms with Crippen molar-refractivity contribution in [3.8, 4) is 0 Å². The molecular formula is C13H13F2N3OS. The molecule has 0 radical (unpaired) electrons. The highest BCUT2D eigenvalue weighted by atomic mass is 32.1. The van der Waals surface area contributed by atoms with E-state index in [1.54, 1.807) is 0 Å². The molecule has 0 spiro atoms. The SMILES string of the molecule is Cc1ccc(F)c(NC(=O)c2csc(CCN)n2)c1F. The van der Waals surface area contributed by atoms with Crippen LogP contribution in [-0.4, -0.2) is 17.4 Å². The van der Waals surface area contributed by atoms with Gasteiger partial charge in [-0.2, -0.15) is 0 Å². The van der Waals surface area contributed by atoms with Crippen LogP contribution in [0.3, 0.4) is 0 Å². The Bertz CT molecular complexity index is 643. The molecule has 0 fully saturated rings. The van der Waals surface area contributed by atoms with Gasteiger partial charge in [0.25, 0.3) is 5.91 Å². The van der Waals surface area contributed by atoms with Crippen LogP contribution in [0.2, 0.25) is 0 Å². The number of nitrogens with one attached hydrogen (secondary N) is 1. The van der Waals surface area contributed by atoms with E-state index in [9.17, 15) is 13.6 Å². The Morgan fingerprint density at radius 1 is 1.45 bits per heavy atom. The number of thiazole rings is 1. The molecule has 0 aliphatic heterocycles. The van der Waals surface area contributed by atoms with Crippen LogP contribution in [-0.2, 0) is 6.42 Å². The summed E-state index contributed by atoms with van der Waals surface area (Å²) in [6.07, 6.45) is 0.561. The molecule has 0 bridgehead atoms. The lowest BCUT2D eigenvalue weighted by atomic mass is 10.2. The quantitative estimate of drug-likeness (QED) is 0.911. The number of hydrogen-bond acceptors (Lipinski definition) is 4. The number of amides is 1. The van der Waals surface area contributed by atoms with Gasteiger partial charge in [-0.3, -0.25) is 4.79 Å². The summed E-state index contributed by atoms with van der Waals surface area (Å²) in [5.74, 6) is -2.25. The molecule has 1 aromatic carbocycles. The fraction of sp³-hybridized carbons (Fsp3) is 0.231. The lowest BCUT2D eigenvalue weighted by Gasteiger charge is -2.07. The normalized spacial score (nSPS) is 10.6. The summed E-state index contributed by atoms with van der Waals surface area (Å²) in [4.78, 5) is 16.0. The van der Waals surface area contributed by atoms with Crippen molar-refractivity contribution in [2.45, 2.75) is 13.3 Å². The first-order valence-electron chi connectivity index (χ1n) is 5.93. The van der Waals surface area contributed by atoms with Crippen molar-refractivity contribution in [3.63, 3.8) is 0 Å². The number of nitrogens with zero attached hydrogens (tertiary/aromatic N) is 1. The summed E-state index contributed by atoms with van der Waals surface area (Å²) >= 11 is 1.29. The zero-order chi connectivity index (χ0) is 14.7. The minimum Gasteiger partial charge on any atom is -0.330 e. The minimum absolute atomic E-state index is 0.124.